The number of carboxylic acids is 1. The topological polar surface area (TPSA) is 172 Å². The molecule has 0 aromatic heterocycles. The molecule has 0 saturated carbocycles. The second kappa shape index (κ2) is 39.5. The predicted octanol–water partition coefficient (Wildman–Crippen LogP) is 11.6. The van der Waals surface area contributed by atoms with E-state index in [-0.39, 0.29) is 19.4 Å². The van der Waals surface area contributed by atoms with Crippen molar-refractivity contribution < 1.29 is 47.5 Å². The summed E-state index contributed by atoms with van der Waals surface area (Å²) < 4.78 is 32.6. The first-order valence-corrected chi connectivity index (χ1v) is 23.5. The molecule has 4 N–H and O–H groups in total. The van der Waals surface area contributed by atoms with Crippen LogP contribution in [0, 0.1) is 0 Å². The highest BCUT2D eigenvalue weighted by atomic mass is 31.2. The Morgan fingerprint density at radius 1 is 0.607 bits per heavy atom. The Morgan fingerprint density at radius 3 is 1.57 bits per heavy atom. The zero-order chi connectivity index (χ0) is 41.4. The maximum atomic E-state index is 12.6. The fourth-order valence-electron chi connectivity index (χ4n) is 6.03. The Balaban J connectivity index is 4.39. The van der Waals surface area contributed by atoms with Crippen molar-refractivity contribution in [2.75, 3.05) is 19.8 Å². The van der Waals surface area contributed by atoms with Gasteiger partial charge in [-0.2, -0.15) is 0 Å². The first-order chi connectivity index (χ1) is 27.1. The third-order valence-electron chi connectivity index (χ3n) is 9.51. The van der Waals surface area contributed by atoms with Crippen molar-refractivity contribution in [2.45, 2.75) is 205 Å². The minimum atomic E-state index is -4.72. The molecule has 0 aromatic rings. The predicted molar refractivity (Wildman–Crippen MR) is 226 cm³/mol. The zero-order valence-corrected chi connectivity index (χ0v) is 36.0. The molecule has 12 heteroatoms. The van der Waals surface area contributed by atoms with Gasteiger partial charge in [-0.15, -0.1) is 6.58 Å². The number of nitrogens with two attached hydrogens (primary N) is 1. The molecule has 0 aliphatic rings. The van der Waals surface area contributed by atoms with Crippen LogP contribution in [0.15, 0.2) is 37.0 Å². The number of unbranched alkanes of at least 4 members (excludes halogenated alkanes) is 23. The number of carbonyl (C=O) groups is 3. The lowest BCUT2D eigenvalue weighted by molar-refractivity contribution is -0.161. The highest BCUT2D eigenvalue weighted by Crippen LogP contribution is 2.43. The first kappa shape index (κ1) is 53.7. The van der Waals surface area contributed by atoms with Crippen molar-refractivity contribution in [1.29, 1.82) is 0 Å². The lowest BCUT2D eigenvalue weighted by atomic mass is 10.0. The van der Waals surface area contributed by atoms with Crippen molar-refractivity contribution in [3.63, 3.8) is 0 Å². The Morgan fingerprint density at radius 2 is 1.05 bits per heavy atom. The van der Waals surface area contributed by atoms with Crippen LogP contribution in [-0.2, 0) is 37.5 Å². The molecule has 0 aliphatic heterocycles. The van der Waals surface area contributed by atoms with E-state index in [1.165, 1.54) is 116 Å². The Kier molecular flexibility index (Phi) is 37.9. The van der Waals surface area contributed by atoms with Crippen molar-refractivity contribution in [3.05, 3.63) is 37.0 Å². The summed E-state index contributed by atoms with van der Waals surface area (Å²) in [5, 5.41) is 8.88. The van der Waals surface area contributed by atoms with Crippen molar-refractivity contribution in [3.8, 4) is 0 Å². The van der Waals surface area contributed by atoms with E-state index in [9.17, 15) is 23.8 Å². The molecule has 0 radical (unpaired) electrons. The molecule has 0 rings (SSSR count). The van der Waals surface area contributed by atoms with Gasteiger partial charge in [0.2, 0.25) is 0 Å². The Labute approximate surface area is 340 Å². The van der Waals surface area contributed by atoms with Gasteiger partial charge in [0, 0.05) is 12.8 Å². The second-order valence-electron chi connectivity index (χ2n) is 14.9. The van der Waals surface area contributed by atoms with Crippen LogP contribution in [0.1, 0.15) is 193 Å². The number of carboxylic acid groups (broad SMARTS) is 1. The molecule has 0 amide bonds. The fraction of sp³-hybridized carbons (Fsp3) is 0.795. The average Bonchev–Trinajstić information content (AvgIpc) is 3.17. The summed E-state index contributed by atoms with van der Waals surface area (Å²) in [5.74, 6) is -2.43. The number of carbonyl (C=O) groups excluding carboxylic acids is 2. The molecule has 0 spiro atoms. The number of hydrogen-bond acceptors (Lipinski definition) is 9. The summed E-state index contributed by atoms with van der Waals surface area (Å²) in [7, 11) is -4.72. The smallest absolute Gasteiger partial charge is 0.472 e. The van der Waals surface area contributed by atoms with E-state index < -0.39 is 51.1 Å². The van der Waals surface area contributed by atoms with Crippen LogP contribution in [0.2, 0.25) is 0 Å². The minimum absolute atomic E-state index is 0.152. The molecule has 11 nitrogen and oxygen atoms in total. The normalized spacial score (nSPS) is 13.8. The van der Waals surface area contributed by atoms with Crippen LogP contribution < -0.4 is 5.73 Å². The van der Waals surface area contributed by atoms with E-state index >= 15 is 0 Å². The van der Waals surface area contributed by atoms with Crippen LogP contribution in [0.5, 0.6) is 0 Å². The van der Waals surface area contributed by atoms with Crippen LogP contribution in [0.4, 0.5) is 0 Å². The molecule has 0 saturated heterocycles. The van der Waals surface area contributed by atoms with E-state index in [1.807, 2.05) is 12.2 Å². The maximum Gasteiger partial charge on any atom is 0.472 e. The number of rotatable bonds is 42. The number of ether oxygens (including phenoxy) is 2. The zero-order valence-electron chi connectivity index (χ0n) is 35.1. The second-order valence-corrected chi connectivity index (χ2v) is 16.4. The average molecular weight is 814 g/mol. The van der Waals surface area contributed by atoms with Gasteiger partial charge in [-0.25, -0.2) is 4.57 Å². The van der Waals surface area contributed by atoms with Gasteiger partial charge in [-0.05, 0) is 51.4 Å². The number of allylic oxidation sites excluding steroid dienone is 5. The molecule has 326 valence electrons. The summed E-state index contributed by atoms with van der Waals surface area (Å²) in [5.41, 5.74) is 5.33. The van der Waals surface area contributed by atoms with Gasteiger partial charge >= 0.3 is 25.7 Å². The van der Waals surface area contributed by atoms with Gasteiger partial charge in [0.05, 0.1) is 13.2 Å². The van der Waals surface area contributed by atoms with Gasteiger partial charge in [-0.3, -0.25) is 23.4 Å². The molecular formula is C44H80NO10P. The van der Waals surface area contributed by atoms with E-state index in [0.717, 1.165) is 38.5 Å². The molecule has 3 atom stereocenters. The van der Waals surface area contributed by atoms with Crippen LogP contribution in [0.3, 0.4) is 0 Å². The van der Waals surface area contributed by atoms with Gasteiger partial charge in [0.1, 0.15) is 12.6 Å². The Bertz CT molecular complexity index is 1080. The lowest BCUT2D eigenvalue weighted by Gasteiger charge is -2.20. The number of aliphatic carboxylic acids is 1. The van der Waals surface area contributed by atoms with Gasteiger partial charge in [-0.1, -0.05) is 159 Å². The van der Waals surface area contributed by atoms with Gasteiger partial charge in [0.15, 0.2) is 6.10 Å². The van der Waals surface area contributed by atoms with Crippen LogP contribution in [0.25, 0.3) is 0 Å². The Hall–Kier alpha value is -2.30. The van der Waals surface area contributed by atoms with E-state index in [0.29, 0.717) is 19.3 Å². The van der Waals surface area contributed by atoms with Crippen LogP contribution in [-0.4, -0.2) is 59.9 Å². The molecule has 0 heterocycles. The SMILES string of the molecule is C=CCCCCCCCCCCCCCCCC(=O)O[C@H](COC(=O)CCC/C=C/C/C=C/CCCCCCCCCCC)COP(=O)(O)OC[C@H](N)C(=O)O. The van der Waals surface area contributed by atoms with E-state index in [4.69, 9.17) is 24.8 Å². The molecule has 0 bridgehead atoms. The molecule has 0 aliphatic carbocycles. The molecule has 0 fully saturated rings. The summed E-state index contributed by atoms with van der Waals surface area (Å²) in [6.45, 7) is 4.29. The lowest BCUT2D eigenvalue weighted by Crippen LogP contribution is -2.34. The summed E-state index contributed by atoms with van der Waals surface area (Å²) in [6.07, 6.45) is 41.1. The third-order valence-corrected chi connectivity index (χ3v) is 10.5. The minimum Gasteiger partial charge on any atom is -0.480 e. The fourth-order valence-corrected chi connectivity index (χ4v) is 6.80. The standard InChI is InChI=1S/C44H80NO10P/c1-3-5-7-9-11-13-15-17-19-20-22-23-25-27-29-31-33-35-42(46)52-37-40(38-53-56(50,51)54-39-41(45)44(48)49)55-43(47)36-34-32-30-28-26-24-21-18-16-14-12-10-8-6-4-2/h4,22-23,27,29,40-41H,2-3,5-21,24-26,28,30-39,45H2,1H3,(H,48,49)(H,50,51)/b23-22+,29-27+/t40-,41+/m1/s1. The highest BCUT2D eigenvalue weighted by Gasteiger charge is 2.28. The van der Waals surface area contributed by atoms with Crippen molar-refractivity contribution >= 4 is 25.7 Å². The molecule has 0 aromatic carbocycles. The molecular weight excluding hydrogens is 733 g/mol. The summed E-state index contributed by atoms with van der Waals surface area (Å²) >= 11 is 0. The van der Waals surface area contributed by atoms with Crippen LogP contribution >= 0.6 is 7.82 Å². The number of hydrogen-bond donors (Lipinski definition) is 3. The summed E-state index contributed by atoms with van der Waals surface area (Å²) in [6, 6.07) is -1.53. The van der Waals surface area contributed by atoms with Gasteiger partial charge in [0.25, 0.3) is 0 Å². The number of esters is 2. The van der Waals surface area contributed by atoms with Crippen molar-refractivity contribution in [2.24, 2.45) is 5.73 Å². The largest absolute Gasteiger partial charge is 0.480 e. The summed E-state index contributed by atoms with van der Waals surface area (Å²) in [4.78, 5) is 45.9. The van der Waals surface area contributed by atoms with Crippen molar-refractivity contribution in [1.82, 2.24) is 0 Å². The number of phosphoric ester groups is 1. The van der Waals surface area contributed by atoms with E-state index in [1.54, 1.807) is 0 Å². The monoisotopic (exact) mass is 814 g/mol. The first-order valence-electron chi connectivity index (χ1n) is 22.0. The number of phosphoric acid groups is 1. The van der Waals surface area contributed by atoms with E-state index in [2.05, 4.69) is 36.3 Å². The third kappa shape index (κ3) is 38.6. The van der Waals surface area contributed by atoms with Gasteiger partial charge < -0.3 is 25.2 Å². The quantitative estimate of drug-likeness (QED) is 0.0232. The molecule has 1 unspecified atom stereocenters. The molecule has 56 heavy (non-hydrogen) atoms. The maximum absolute atomic E-state index is 12.6. The highest BCUT2D eigenvalue weighted by molar-refractivity contribution is 7.47.